The molecular formula is C19H30N4O7. The lowest BCUT2D eigenvalue weighted by molar-refractivity contribution is -0.129. The SMILES string of the molecule is CC[C@H](NC(=O)CNC(=O)[C@H](CCOC)NC(=O)c1cc(C)on1)C(=O)CCOC. The summed E-state index contributed by atoms with van der Waals surface area (Å²) >= 11 is 0. The number of aryl methyl sites for hydroxylation is 1. The van der Waals surface area contributed by atoms with Gasteiger partial charge >= 0.3 is 0 Å². The van der Waals surface area contributed by atoms with Crippen LogP contribution in [0.3, 0.4) is 0 Å². The number of rotatable bonds is 14. The van der Waals surface area contributed by atoms with E-state index in [0.717, 1.165) is 0 Å². The molecule has 1 aromatic rings. The van der Waals surface area contributed by atoms with Crippen LogP contribution in [0.4, 0.5) is 0 Å². The first-order valence-corrected chi connectivity index (χ1v) is 9.64. The van der Waals surface area contributed by atoms with Crippen LogP contribution in [0.5, 0.6) is 0 Å². The number of aromatic nitrogens is 1. The van der Waals surface area contributed by atoms with Gasteiger partial charge in [-0.25, -0.2) is 0 Å². The van der Waals surface area contributed by atoms with Crippen molar-refractivity contribution in [3.05, 3.63) is 17.5 Å². The maximum absolute atomic E-state index is 12.5. The first-order valence-electron chi connectivity index (χ1n) is 9.64. The van der Waals surface area contributed by atoms with E-state index in [9.17, 15) is 19.2 Å². The number of Topliss-reactive ketones (excluding diaryl/α,β-unsaturated/α-hetero) is 1. The number of nitrogens with zero attached hydrogens (tertiary/aromatic N) is 1. The average Bonchev–Trinajstić information content (AvgIpc) is 3.17. The van der Waals surface area contributed by atoms with Crippen molar-refractivity contribution in [2.45, 2.75) is 45.2 Å². The fourth-order valence-electron chi connectivity index (χ4n) is 2.53. The molecule has 0 saturated heterocycles. The summed E-state index contributed by atoms with van der Waals surface area (Å²) in [6, 6.07) is -0.143. The third-order valence-corrected chi connectivity index (χ3v) is 4.20. The van der Waals surface area contributed by atoms with Crippen LogP contribution in [0.25, 0.3) is 0 Å². The largest absolute Gasteiger partial charge is 0.385 e. The molecule has 11 nitrogen and oxygen atoms in total. The second kappa shape index (κ2) is 13.4. The molecule has 0 aliphatic heterocycles. The van der Waals surface area contributed by atoms with Gasteiger partial charge in [0.2, 0.25) is 11.8 Å². The number of carbonyl (C=O) groups is 4. The van der Waals surface area contributed by atoms with Gasteiger partial charge in [0.25, 0.3) is 5.91 Å². The van der Waals surface area contributed by atoms with E-state index in [-0.39, 0.29) is 44.1 Å². The minimum Gasteiger partial charge on any atom is -0.385 e. The minimum absolute atomic E-state index is 0.0424. The fourth-order valence-corrected chi connectivity index (χ4v) is 2.53. The van der Waals surface area contributed by atoms with Crippen LogP contribution in [0, 0.1) is 6.92 Å². The highest BCUT2D eigenvalue weighted by atomic mass is 16.5. The standard InChI is InChI=1S/C19H30N4O7/c1-5-13(16(24)7-9-29-4)21-17(25)11-20-18(26)14(6-8-28-3)22-19(27)15-10-12(2)30-23-15/h10,13-14H,5-9,11H2,1-4H3,(H,20,26)(H,21,25)(H,22,27)/t13-,14-/m0/s1. The molecule has 0 aliphatic rings. The van der Waals surface area contributed by atoms with Crippen LogP contribution in [-0.2, 0) is 23.9 Å². The molecular weight excluding hydrogens is 396 g/mol. The Morgan fingerprint density at radius 2 is 1.80 bits per heavy atom. The zero-order valence-corrected chi connectivity index (χ0v) is 17.8. The molecule has 3 amide bonds. The first-order chi connectivity index (χ1) is 14.3. The number of amides is 3. The summed E-state index contributed by atoms with van der Waals surface area (Å²) in [4.78, 5) is 48.9. The Bertz CT molecular complexity index is 719. The van der Waals surface area contributed by atoms with E-state index in [4.69, 9.17) is 14.0 Å². The molecule has 0 saturated carbocycles. The predicted molar refractivity (Wildman–Crippen MR) is 106 cm³/mol. The molecule has 30 heavy (non-hydrogen) atoms. The summed E-state index contributed by atoms with van der Waals surface area (Å²) in [5.74, 6) is -1.34. The van der Waals surface area contributed by atoms with Crippen molar-refractivity contribution < 1.29 is 33.2 Å². The maximum Gasteiger partial charge on any atom is 0.274 e. The summed E-state index contributed by atoms with van der Waals surface area (Å²) in [6.07, 6.45) is 0.805. The molecule has 0 unspecified atom stereocenters. The van der Waals surface area contributed by atoms with Gasteiger partial charge in [0.15, 0.2) is 11.5 Å². The molecule has 168 valence electrons. The highest BCUT2D eigenvalue weighted by Crippen LogP contribution is 2.03. The Morgan fingerprint density at radius 1 is 1.10 bits per heavy atom. The van der Waals surface area contributed by atoms with Gasteiger partial charge in [-0.1, -0.05) is 12.1 Å². The summed E-state index contributed by atoms with van der Waals surface area (Å²) in [5.41, 5.74) is 0.0424. The second-order valence-electron chi connectivity index (χ2n) is 6.59. The monoisotopic (exact) mass is 426 g/mol. The molecule has 0 aromatic carbocycles. The molecule has 1 rings (SSSR count). The van der Waals surface area contributed by atoms with Gasteiger partial charge in [0.05, 0.1) is 19.2 Å². The van der Waals surface area contributed by atoms with E-state index in [1.54, 1.807) is 13.8 Å². The van der Waals surface area contributed by atoms with E-state index < -0.39 is 29.8 Å². The molecule has 2 atom stereocenters. The number of nitrogens with one attached hydrogen (secondary N) is 3. The molecule has 0 fully saturated rings. The molecule has 0 bridgehead atoms. The topological polar surface area (TPSA) is 149 Å². The molecule has 0 radical (unpaired) electrons. The van der Waals surface area contributed by atoms with Crippen LogP contribution >= 0.6 is 0 Å². The van der Waals surface area contributed by atoms with E-state index in [1.165, 1.54) is 20.3 Å². The Hall–Kier alpha value is -2.79. The van der Waals surface area contributed by atoms with Crippen molar-refractivity contribution in [3.63, 3.8) is 0 Å². The van der Waals surface area contributed by atoms with Crippen LogP contribution in [0.2, 0.25) is 0 Å². The third-order valence-electron chi connectivity index (χ3n) is 4.20. The van der Waals surface area contributed by atoms with Crippen LogP contribution in [-0.4, -0.2) is 74.7 Å². The van der Waals surface area contributed by atoms with Gasteiger partial charge in [-0.2, -0.15) is 0 Å². The van der Waals surface area contributed by atoms with E-state index in [1.807, 2.05) is 0 Å². The van der Waals surface area contributed by atoms with Gasteiger partial charge < -0.3 is 29.9 Å². The van der Waals surface area contributed by atoms with Crippen molar-refractivity contribution in [2.24, 2.45) is 0 Å². The zero-order valence-electron chi connectivity index (χ0n) is 17.8. The van der Waals surface area contributed by atoms with E-state index in [2.05, 4.69) is 21.1 Å². The van der Waals surface area contributed by atoms with Crippen molar-refractivity contribution in [1.29, 1.82) is 0 Å². The van der Waals surface area contributed by atoms with Crippen molar-refractivity contribution in [3.8, 4) is 0 Å². The molecule has 3 N–H and O–H groups in total. The quantitative estimate of drug-likeness (QED) is 0.368. The van der Waals surface area contributed by atoms with Gasteiger partial charge in [0, 0.05) is 33.3 Å². The highest BCUT2D eigenvalue weighted by molar-refractivity contribution is 5.97. The van der Waals surface area contributed by atoms with Crippen LogP contribution < -0.4 is 16.0 Å². The van der Waals surface area contributed by atoms with Crippen LogP contribution in [0.15, 0.2) is 10.6 Å². The normalized spacial score (nSPS) is 12.7. The van der Waals surface area contributed by atoms with E-state index in [0.29, 0.717) is 12.2 Å². The summed E-state index contributed by atoms with van der Waals surface area (Å²) in [6.45, 7) is 3.56. The Labute approximate surface area is 175 Å². The number of carbonyl (C=O) groups excluding carboxylic acids is 4. The lowest BCUT2D eigenvalue weighted by Crippen LogP contribution is -2.51. The summed E-state index contributed by atoms with van der Waals surface area (Å²) in [5, 5.41) is 11.2. The Kier molecular flexibility index (Phi) is 11.3. The van der Waals surface area contributed by atoms with Gasteiger partial charge in [-0.15, -0.1) is 0 Å². The summed E-state index contributed by atoms with van der Waals surface area (Å²) in [7, 11) is 2.96. The Morgan fingerprint density at radius 3 is 2.37 bits per heavy atom. The number of methoxy groups -OCH3 is 2. The predicted octanol–water partition coefficient (Wildman–Crippen LogP) is -0.265. The maximum atomic E-state index is 12.5. The molecule has 0 spiro atoms. The van der Waals surface area contributed by atoms with Gasteiger partial charge in [-0.3, -0.25) is 19.2 Å². The lowest BCUT2D eigenvalue weighted by atomic mass is 10.1. The highest BCUT2D eigenvalue weighted by Gasteiger charge is 2.24. The zero-order chi connectivity index (χ0) is 22.5. The number of hydrogen-bond donors (Lipinski definition) is 3. The van der Waals surface area contributed by atoms with Crippen LogP contribution in [0.1, 0.15) is 42.4 Å². The molecule has 1 aromatic heterocycles. The van der Waals surface area contributed by atoms with Crippen molar-refractivity contribution >= 4 is 23.5 Å². The average molecular weight is 426 g/mol. The number of hydrogen-bond acceptors (Lipinski definition) is 8. The summed E-state index contributed by atoms with van der Waals surface area (Å²) < 4.78 is 14.7. The fraction of sp³-hybridized carbons (Fsp3) is 0.632. The van der Waals surface area contributed by atoms with Crippen molar-refractivity contribution in [1.82, 2.24) is 21.1 Å². The van der Waals surface area contributed by atoms with Gasteiger partial charge in [0.1, 0.15) is 11.8 Å². The molecule has 11 heteroatoms. The second-order valence-corrected chi connectivity index (χ2v) is 6.59. The molecule has 1 heterocycles. The minimum atomic E-state index is -0.937. The number of ether oxygens (including phenoxy) is 2. The third kappa shape index (κ3) is 8.70. The molecule has 0 aliphatic carbocycles. The first kappa shape index (κ1) is 25.2. The van der Waals surface area contributed by atoms with E-state index >= 15 is 0 Å². The smallest absolute Gasteiger partial charge is 0.274 e. The van der Waals surface area contributed by atoms with Gasteiger partial charge in [-0.05, 0) is 19.8 Å². The number of ketones is 1. The Balaban J connectivity index is 2.60. The van der Waals surface area contributed by atoms with Crippen molar-refractivity contribution in [2.75, 3.05) is 34.0 Å². The lowest BCUT2D eigenvalue weighted by Gasteiger charge is -2.19.